The summed E-state index contributed by atoms with van der Waals surface area (Å²) >= 11 is 0. The van der Waals surface area contributed by atoms with Gasteiger partial charge in [0.15, 0.2) is 0 Å². The third kappa shape index (κ3) is 2.32. The molecule has 0 spiro atoms. The van der Waals surface area contributed by atoms with E-state index in [2.05, 4.69) is 10.3 Å². The van der Waals surface area contributed by atoms with Crippen LogP contribution < -0.4 is 5.32 Å². The molecular weight excluding hydrogens is 252 g/mol. The summed E-state index contributed by atoms with van der Waals surface area (Å²) in [7, 11) is 1.96. The molecule has 2 aromatic rings. The molecule has 1 unspecified atom stereocenters. The van der Waals surface area contributed by atoms with Gasteiger partial charge in [0.05, 0.1) is 0 Å². The SMILES string of the molecule is Cn1ccnc1C1CNCCN1C(=O)c1ccccc1. The van der Waals surface area contributed by atoms with Crippen LogP contribution in [0.3, 0.4) is 0 Å². The molecule has 0 saturated carbocycles. The lowest BCUT2D eigenvalue weighted by Gasteiger charge is -2.35. The summed E-state index contributed by atoms with van der Waals surface area (Å²) in [4.78, 5) is 19.0. The fraction of sp³-hybridized carbons (Fsp3) is 0.333. The van der Waals surface area contributed by atoms with E-state index in [0.29, 0.717) is 6.54 Å². The number of aromatic nitrogens is 2. The van der Waals surface area contributed by atoms with Gasteiger partial charge >= 0.3 is 0 Å². The minimum Gasteiger partial charge on any atom is -0.336 e. The van der Waals surface area contributed by atoms with Gasteiger partial charge in [-0.15, -0.1) is 0 Å². The van der Waals surface area contributed by atoms with E-state index in [1.807, 2.05) is 53.0 Å². The predicted molar refractivity (Wildman–Crippen MR) is 76.3 cm³/mol. The minimum absolute atomic E-state index is 0.0172. The zero-order valence-corrected chi connectivity index (χ0v) is 11.5. The molecule has 0 bridgehead atoms. The van der Waals surface area contributed by atoms with Crippen LogP contribution in [0, 0.1) is 0 Å². The molecule has 0 radical (unpaired) electrons. The number of piperazine rings is 1. The van der Waals surface area contributed by atoms with Gasteiger partial charge in [-0.1, -0.05) is 18.2 Å². The van der Waals surface area contributed by atoms with Crippen molar-refractivity contribution >= 4 is 5.91 Å². The van der Waals surface area contributed by atoms with E-state index in [9.17, 15) is 4.79 Å². The molecule has 104 valence electrons. The van der Waals surface area contributed by atoms with E-state index in [4.69, 9.17) is 0 Å². The van der Waals surface area contributed by atoms with Crippen LogP contribution in [0.15, 0.2) is 42.7 Å². The number of carbonyl (C=O) groups is 1. The highest BCUT2D eigenvalue weighted by atomic mass is 16.2. The van der Waals surface area contributed by atoms with Crippen LogP contribution in [0.2, 0.25) is 0 Å². The molecule has 1 aliphatic heterocycles. The molecule has 3 rings (SSSR count). The van der Waals surface area contributed by atoms with E-state index >= 15 is 0 Å². The van der Waals surface area contributed by atoms with Crippen LogP contribution in [0.5, 0.6) is 0 Å². The first-order valence-corrected chi connectivity index (χ1v) is 6.81. The van der Waals surface area contributed by atoms with Gasteiger partial charge in [-0.25, -0.2) is 4.98 Å². The second-order valence-electron chi connectivity index (χ2n) is 4.98. The molecule has 1 fully saturated rings. The Balaban J connectivity index is 1.90. The summed E-state index contributed by atoms with van der Waals surface area (Å²) in [5.41, 5.74) is 0.730. The third-order valence-electron chi connectivity index (χ3n) is 3.68. The Labute approximate surface area is 118 Å². The molecule has 1 aliphatic rings. The Kier molecular flexibility index (Phi) is 3.52. The predicted octanol–water partition coefficient (Wildman–Crippen LogP) is 1.21. The highest BCUT2D eigenvalue weighted by Gasteiger charge is 2.30. The Morgan fingerprint density at radius 1 is 1.35 bits per heavy atom. The van der Waals surface area contributed by atoms with Crippen molar-refractivity contribution < 1.29 is 4.79 Å². The largest absolute Gasteiger partial charge is 0.336 e. The fourth-order valence-electron chi connectivity index (χ4n) is 2.62. The highest BCUT2D eigenvalue weighted by Crippen LogP contribution is 2.22. The zero-order chi connectivity index (χ0) is 13.9. The maximum atomic E-state index is 12.7. The van der Waals surface area contributed by atoms with E-state index < -0.39 is 0 Å². The Morgan fingerprint density at radius 2 is 2.15 bits per heavy atom. The van der Waals surface area contributed by atoms with Gasteiger partial charge in [0.25, 0.3) is 5.91 Å². The number of hydrogen-bond acceptors (Lipinski definition) is 3. The standard InChI is InChI=1S/C15H18N4O/c1-18-9-8-17-14(18)13-11-16-7-10-19(13)15(20)12-5-3-2-4-6-12/h2-6,8-9,13,16H,7,10-11H2,1H3. The van der Waals surface area contributed by atoms with Crippen molar-refractivity contribution in [2.24, 2.45) is 7.05 Å². The van der Waals surface area contributed by atoms with E-state index in [1.54, 1.807) is 6.20 Å². The van der Waals surface area contributed by atoms with Crippen LogP contribution >= 0.6 is 0 Å². The first kappa shape index (κ1) is 12.9. The summed E-state index contributed by atoms with van der Waals surface area (Å²) < 4.78 is 1.98. The lowest BCUT2D eigenvalue weighted by molar-refractivity contribution is 0.0621. The van der Waals surface area contributed by atoms with Crippen LogP contribution in [0.4, 0.5) is 0 Å². The van der Waals surface area contributed by atoms with Gasteiger partial charge in [-0.2, -0.15) is 0 Å². The number of aryl methyl sites for hydroxylation is 1. The highest BCUT2D eigenvalue weighted by molar-refractivity contribution is 5.94. The molecule has 0 aliphatic carbocycles. The molecule has 5 nitrogen and oxygen atoms in total. The van der Waals surface area contributed by atoms with Crippen molar-refractivity contribution in [1.29, 1.82) is 0 Å². The maximum Gasteiger partial charge on any atom is 0.254 e. The molecule has 1 N–H and O–H groups in total. The lowest BCUT2D eigenvalue weighted by Crippen LogP contribution is -2.49. The van der Waals surface area contributed by atoms with E-state index in [1.165, 1.54) is 0 Å². The number of nitrogens with zero attached hydrogens (tertiary/aromatic N) is 3. The van der Waals surface area contributed by atoms with Crippen molar-refractivity contribution in [3.63, 3.8) is 0 Å². The molecule has 1 aromatic carbocycles. The summed E-state index contributed by atoms with van der Waals surface area (Å²) in [5, 5.41) is 3.34. The molecule has 2 heterocycles. The number of benzene rings is 1. The molecule has 5 heteroatoms. The molecule has 1 saturated heterocycles. The van der Waals surface area contributed by atoms with Crippen molar-refractivity contribution in [2.75, 3.05) is 19.6 Å². The maximum absolute atomic E-state index is 12.7. The zero-order valence-electron chi connectivity index (χ0n) is 11.5. The third-order valence-corrected chi connectivity index (χ3v) is 3.68. The first-order valence-electron chi connectivity index (χ1n) is 6.81. The van der Waals surface area contributed by atoms with E-state index in [0.717, 1.165) is 24.5 Å². The molecular formula is C15H18N4O. The van der Waals surface area contributed by atoms with Crippen LogP contribution in [-0.2, 0) is 7.05 Å². The number of amides is 1. The van der Waals surface area contributed by atoms with Crippen molar-refractivity contribution in [3.05, 3.63) is 54.1 Å². The molecule has 20 heavy (non-hydrogen) atoms. The summed E-state index contributed by atoms with van der Waals surface area (Å²) in [5.74, 6) is 0.988. The number of rotatable bonds is 2. The fourth-order valence-corrected chi connectivity index (χ4v) is 2.62. The second-order valence-corrected chi connectivity index (χ2v) is 4.98. The van der Waals surface area contributed by atoms with Gasteiger partial charge in [0, 0.05) is 44.6 Å². The summed E-state index contributed by atoms with van der Waals surface area (Å²) in [6.07, 6.45) is 3.68. The van der Waals surface area contributed by atoms with Crippen molar-refractivity contribution in [2.45, 2.75) is 6.04 Å². The molecule has 1 atom stereocenters. The smallest absolute Gasteiger partial charge is 0.254 e. The van der Waals surface area contributed by atoms with Crippen molar-refractivity contribution in [3.8, 4) is 0 Å². The van der Waals surface area contributed by atoms with Gasteiger partial charge in [0.2, 0.25) is 0 Å². The molecule has 1 aromatic heterocycles. The Hall–Kier alpha value is -2.14. The monoisotopic (exact) mass is 270 g/mol. The number of nitrogens with one attached hydrogen (secondary N) is 1. The number of hydrogen-bond donors (Lipinski definition) is 1. The Morgan fingerprint density at radius 3 is 2.85 bits per heavy atom. The number of imidazole rings is 1. The number of carbonyl (C=O) groups excluding carboxylic acids is 1. The first-order chi connectivity index (χ1) is 9.77. The summed E-state index contributed by atoms with van der Waals surface area (Å²) in [6.45, 7) is 2.26. The van der Waals surface area contributed by atoms with Crippen LogP contribution in [-0.4, -0.2) is 40.0 Å². The lowest BCUT2D eigenvalue weighted by atomic mass is 10.1. The normalized spacial score (nSPS) is 19.1. The topological polar surface area (TPSA) is 50.2 Å². The van der Waals surface area contributed by atoms with Gasteiger partial charge < -0.3 is 14.8 Å². The van der Waals surface area contributed by atoms with Gasteiger partial charge in [-0.05, 0) is 12.1 Å². The minimum atomic E-state index is -0.0172. The van der Waals surface area contributed by atoms with Crippen LogP contribution in [0.1, 0.15) is 22.2 Å². The Bertz CT molecular complexity index is 593. The molecule has 1 amide bonds. The van der Waals surface area contributed by atoms with Gasteiger partial charge in [0.1, 0.15) is 11.9 Å². The second kappa shape index (κ2) is 5.46. The average molecular weight is 270 g/mol. The van der Waals surface area contributed by atoms with Crippen molar-refractivity contribution in [1.82, 2.24) is 19.8 Å². The average Bonchev–Trinajstić information content (AvgIpc) is 2.93. The summed E-state index contributed by atoms with van der Waals surface area (Å²) in [6, 6.07) is 9.41. The quantitative estimate of drug-likeness (QED) is 0.892. The van der Waals surface area contributed by atoms with Crippen LogP contribution in [0.25, 0.3) is 0 Å². The van der Waals surface area contributed by atoms with Gasteiger partial charge in [-0.3, -0.25) is 4.79 Å². The van der Waals surface area contributed by atoms with E-state index in [-0.39, 0.29) is 11.9 Å².